The van der Waals surface area contributed by atoms with Gasteiger partial charge in [0.15, 0.2) is 11.6 Å². The molecule has 1 saturated heterocycles. The number of aromatic nitrogens is 1. The van der Waals surface area contributed by atoms with Crippen LogP contribution in [0.25, 0.3) is 0 Å². The van der Waals surface area contributed by atoms with E-state index in [9.17, 15) is 9.90 Å². The van der Waals surface area contributed by atoms with Crippen molar-refractivity contribution in [3.05, 3.63) is 18.3 Å². The van der Waals surface area contributed by atoms with Crippen LogP contribution in [0.5, 0.6) is 5.75 Å². The highest BCUT2D eigenvalue weighted by Crippen LogP contribution is 2.22. The number of nitrogens with zero attached hydrogens (tertiary/aromatic N) is 2. The van der Waals surface area contributed by atoms with Crippen molar-refractivity contribution in [1.82, 2.24) is 9.88 Å². The van der Waals surface area contributed by atoms with Gasteiger partial charge in [-0.25, -0.2) is 9.78 Å². The van der Waals surface area contributed by atoms with Crippen LogP contribution in [-0.4, -0.2) is 46.3 Å². The second-order valence-electron chi connectivity index (χ2n) is 6.33. The molecule has 0 spiro atoms. The smallest absolute Gasteiger partial charge is 0.410 e. The Hall–Kier alpha value is -1.98. The fourth-order valence-electron chi connectivity index (χ4n) is 2.27. The minimum Gasteiger partial charge on any atom is -0.504 e. The maximum absolute atomic E-state index is 12.0. The summed E-state index contributed by atoms with van der Waals surface area (Å²) in [5.41, 5.74) is -0.465. The zero-order valence-electron chi connectivity index (χ0n) is 12.8. The minimum absolute atomic E-state index is 0.138. The molecule has 6 nitrogen and oxygen atoms in total. The first-order valence-corrected chi connectivity index (χ1v) is 7.21. The standard InChI is InChI=1S/C15H23N3O3/c1-15(2,3)21-14(20)18-8-6-11(10-18)9-17-13-12(19)5-4-7-16-13/h4-5,7,11,19H,6,8-10H2,1-3H3,(H,16,17)/t11-/m0/s1. The first-order valence-electron chi connectivity index (χ1n) is 7.21. The first kappa shape index (κ1) is 15.4. The highest BCUT2D eigenvalue weighted by atomic mass is 16.6. The number of carbonyl (C=O) groups excluding carboxylic acids is 1. The van der Waals surface area contributed by atoms with Gasteiger partial charge in [-0.1, -0.05) is 0 Å². The molecule has 1 aliphatic rings. The van der Waals surface area contributed by atoms with Gasteiger partial charge in [0.1, 0.15) is 5.60 Å². The molecular formula is C15H23N3O3. The highest BCUT2D eigenvalue weighted by molar-refractivity contribution is 5.68. The van der Waals surface area contributed by atoms with E-state index in [1.165, 1.54) is 0 Å². The summed E-state index contributed by atoms with van der Waals surface area (Å²) in [7, 11) is 0. The number of hydrogen-bond donors (Lipinski definition) is 2. The van der Waals surface area contributed by atoms with Gasteiger partial charge in [0.05, 0.1) is 0 Å². The van der Waals surface area contributed by atoms with Crippen molar-refractivity contribution >= 4 is 11.9 Å². The zero-order valence-corrected chi connectivity index (χ0v) is 12.8. The molecule has 0 aliphatic carbocycles. The second-order valence-corrected chi connectivity index (χ2v) is 6.33. The van der Waals surface area contributed by atoms with Gasteiger partial charge >= 0.3 is 6.09 Å². The number of anilines is 1. The number of nitrogens with one attached hydrogen (secondary N) is 1. The normalized spacial score (nSPS) is 18.6. The molecule has 0 radical (unpaired) electrons. The van der Waals surface area contributed by atoms with Gasteiger partial charge in [-0.2, -0.15) is 0 Å². The molecule has 116 valence electrons. The Bertz CT molecular complexity index is 499. The van der Waals surface area contributed by atoms with Gasteiger partial charge in [0.2, 0.25) is 0 Å². The number of ether oxygens (including phenoxy) is 1. The van der Waals surface area contributed by atoms with E-state index in [1.807, 2.05) is 20.8 Å². The number of hydrogen-bond acceptors (Lipinski definition) is 5. The predicted molar refractivity (Wildman–Crippen MR) is 80.3 cm³/mol. The molecular weight excluding hydrogens is 270 g/mol. The van der Waals surface area contributed by atoms with Crippen molar-refractivity contribution in [2.45, 2.75) is 32.8 Å². The van der Waals surface area contributed by atoms with E-state index in [0.717, 1.165) is 6.42 Å². The number of rotatable bonds is 3. The van der Waals surface area contributed by atoms with E-state index in [1.54, 1.807) is 23.2 Å². The second kappa shape index (κ2) is 6.20. The lowest BCUT2D eigenvalue weighted by Gasteiger charge is -2.24. The van der Waals surface area contributed by atoms with E-state index >= 15 is 0 Å². The van der Waals surface area contributed by atoms with Gasteiger partial charge in [-0.3, -0.25) is 0 Å². The monoisotopic (exact) mass is 293 g/mol. The maximum atomic E-state index is 12.0. The molecule has 1 aliphatic heterocycles. The molecule has 1 amide bonds. The van der Waals surface area contributed by atoms with Gasteiger partial charge in [-0.05, 0) is 45.2 Å². The summed E-state index contributed by atoms with van der Waals surface area (Å²) >= 11 is 0. The molecule has 1 aromatic rings. The van der Waals surface area contributed by atoms with Crippen LogP contribution in [0.1, 0.15) is 27.2 Å². The Morgan fingerprint density at radius 1 is 1.57 bits per heavy atom. The van der Waals surface area contributed by atoms with E-state index in [4.69, 9.17) is 4.74 Å². The average molecular weight is 293 g/mol. The third kappa shape index (κ3) is 4.51. The molecule has 6 heteroatoms. The summed E-state index contributed by atoms with van der Waals surface area (Å²) in [6.07, 6.45) is 2.29. The Morgan fingerprint density at radius 3 is 3.00 bits per heavy atom. The van der Waals surface area contributed by atoms with Gasteiger partial charge in [0.25, 0.3) is 0 Å². The molecule has 0 aromatic carbocycles. The molecule has 1 fully saturated rings. The highest BCUT2D eigenvalue weighted by Gasteiger charge is 2.29. The van der Waals surface area contributed by atoms with Crippen LogP contribution in [0.3, 0.4) is 0 Å². The summed E-state index contributed by atoms with van der Waals surface area (Å²) in [6, 6.07) is 3.28. The summed E-state index contributed by atoms with van der Waals surface area (Å²) in [6.45, 7) is 7.63. The SMILES string of the molecule is CC(C)(C)OC(=O)N1CC[C@@H](CNc2ncccc2O)C1. The Labute approximate surface area is 125 Å². The lowest BCUT2D eigenvalue weighted by molar-refractivity contribution is 0.0289. The van der Waals surface area contributed by atoms with Crippen LogP contribution < -0.4 is 5.32 Å². The average Bonchev–Trinajstić information content (AvgIpc) is 2.85. The predicted octanol–water partition coefficient (Wildman–Crippen LogP) is 2.46. The first-order chi connectivity index (χ1) is 9.85. The van der Waals surface area contributed by atoms with Crippen molar-refractivity contribution in [2.24, 2.45) is 5.92 Å². The minimum atomic E-state index is -0.465. The fraction of sp³-hybridized carbons (Fsp3) is 0.600. The third-order valence-corrected chi connectivity index (χ3v) is 3.28. The van der Waals surface area contributed by atoms with Crippen molar-refractivity contribution in [2.75, 3.05) is 25.0 Å². The Kier molecular flexibility index (Phi) is 4.55. The van der Waals surface area contributed by atoms with Gasteiger partial charge in [0, 0.05) is 25.8 Å². The molecule has 2 heterocycles. The molecule has 1 aromatic heterocycles. The van der Waals surface area contributed by atoms with Crippen LogP contribution in [-0.2, 0) is 4.74 Å². The topological polar surface area (TPSA) is 74.7 Å². The number of amides is 1. The van der Waals surface area contributed by atoms with E-state index in [-0.39, 0.29) is 11.8 Å². The largest absolute Gasteiger partial charge is 0.504 e. The number of aromatic hydroxyl groups is 1. The van der Waals surface area contributed by atoms with E-state index in [0.29, 0.717) is 31.4 Å². The lowest BCUT2D eigenvalue weighted by atomic mass is 10.1. The van der Waals surface area contributed by atoms with Crippen LogP contribution in [0.15, 0.2) is 18.3 Å². The van der Waals surface area contributed by atoms with Crippen LogP contribution in [0.2, 0.25) is 0 Å². The van der Waals surface area contributed by atoms with Crippen molar-refractivity contribution in [3.8, 4) is 5.75 Å². The fourth-order valence-corrected chi connectivity index (χ4v) is 2.27. The molecule has 0 unspecified atom stereocenters. The van der Waals surface area contributed by atoms with Crippen molar-refractivity contribution < 1.29 is 14.6 Å². The number of carbonyl (C=O) groups is 1. The molecule has 2 N–H and O–H groups in total. The van der Waals surface area contributed by atoms with Crippen molar-refractivity contribution in [3.63, 3.8) is 0 Å². The molecule has 21 heavy (non-hydrogen) atoms. The maximum Gasteiger partial charge on any atom is 0.410 e. The quantitative estimate of drug-likeness (QED) is 0.895. The van der Waals surface area contributed by atoms with Gasteiger partial charge in [-0.15, -0.1) is 0 Å². The molecule has 1 atom stereocenters. The number of pyridine rings is 1. The Balaban J connectivity index is 1.80. The van der Waals surface area contributed by atoms with Crippen LogP contribution in [0.4, 0.5) is 10.6 Å². The summed E-state index contributed by atoms with van der Waals surface area (Å²) in [4.78, 5) is 17.8. The molecule has 0 bridgehead atoms. The Morgan fingerprint density at radius 2 is 2.33 bits per heavy atom. The number of likely N-dealkylation sites (tertiary alicyclic amines) is 1. The summed E-state index contributed by atoms with van der Waals surface area (Å²) in [5, 5.41) is 12.8. The van der Waals surface area contributed by atoms with E-state index in [2.05, 4.69) is 10.3 Å². The third-order valence-electron chi connectivity index (χ3n) is 3.28. The zero-order chi connectivity index (χ0) is 15.5. The van der Waals surface area contributed by atoms with Gasteiger partial charge < -0.3 is 20.1 Å². The molecule has 2 rings (SSSR count). The summed E-state index contributed by atoms with van der Waals surface area (Å²) in [5.74, 6) is 0.951. The van der Waals surface area contributed by atoms with Crippen LogP contribution >= 0.6 is 0 Å². The lowest BCUT2D eigenvalue weighted by Crippen LogP contribution is -2.35. The summed E-state index contributed by atoms with van der Waals surface area (Å²) < 4.78 is 5.37. The van der Waals surface area contributed by atoms with Crippen molar-refractivity contribution in [1.29, 1.82) is 0 Å². The molecule has 0 saturated carbocycles. The van der Waals surface area contributed by atoms with E-state index < -0.39 is 5.60 Å². The van der Waals surface area contributed by atoms with Crippen LogP contribution in [0, 0.1) is 5.92 Å².